The molecular formula is C7H5Cl6NOS2. The van der Waals surface area contributed by atoms with Crippen LogP contribution in [0.3, 0.4) is 0 Å². The molecule has 0 aliphatic carbocycles. The van der Waals surface area contributed by atoms with Gasteiger partial charge in [0, 0.05) is 12.1 Å². The van der Waals surface area contributed by atoms with Crippen LogP contribution >= 0.6 is 91.2 Å². The molecule has 17 heavy (non-hydrogen) atoms. The molecule has 0 amide bonds. The maximum absolute atomic E-state index is 10.2. The summed E-state index contributed by atoms with van der Waals surface area (Å²) in [7, 11) is 1.72. The van der Waals surface area contributed by atoms with Crippen molar-refractivity contribution in [3.63, 3.8) is 0 Å². The van der Waals surface area contributed by atoms with Crippen LogP contribution in [0, 0.1) is 5.21 Å². The van der Waals surface area contributed by atoms with Gasteiger partial charge in [-0.3, -0.25) is 0 Å². The van der Waals surface area contributed by atoms with Crippen molar-refractivity contribution in [2.24, 2.45) is 0 Å². The van der Waals surface area contributed by atoms with Crippen LogP contribution in [0.2, 0.25) is 0 Å². The van der Waals surface area contributed by atoms with E-state index in [-0.39, 0.29) is 0 Å². The fourth-order valence-electron chi connectivity index (χ4n) is 0.477. The van der Waals surface area contributed by atoms with Gasteiger partial charge in [-0.15, -0.1) is 0 Å². The minimum Gasteiger partial charge on any atom is -0.619 e. The van der Waals surface area contributed by atoms with Gasteiger partial charge in [-0.1, -0.05) is 75.7 Å². The van der Waals surface area contributed by atoms with Crippen LogP contribution in [-0.4, -0.2) is 6.25 Å². The highest BCUT2D eigenvalue weighted by molar-refractivity contribution is 8.79. The summed E-state index contributed by atoms with van der Waals surface area (Å²) in [6.45, 7) is 0. The van der Waals surface area contributed by atoms with Crippen molar-refractivity contribution in [3.8, 4) is 0 Å². The van der Waals surface area contributed by atoms with E-state index in [0.29, 0.717) is 0 Å². The van der Waals surface area contributed by atoms with Crippen LogP contribution in [0.5, 0.6) is 0 Å². The van der Waals surface area contributed by atoms with Gasteiger partial charge in [-0.25, -0.2) is 0 Å². The van der Waals surface area contributed by atoms with Gasteiger partial charge in [0.1, 0.15) is 0 Å². The highest BCUT2D eigenvalue weighted by Gasteiger charge is 2.29. The third-order valence-corrected chi connectivity index (χ3v) is 6.17. The largest absolute Gasteiger partial charge is 0.619 e. The number of hydrogen-bond acceptors (Lipinski definition) is 3. The number of alkyl halides is 6. The predicted octanol–water partition coefficient (Wildman–Crippen LogP) is 5.34. The Kier molecular flexibility index (Phi) is 9.24. The molecule has 0 saturated heterocycles. The molecule has 0 N–H and O–H groups in total. The van der Waals surface area contributed by atoms with Crippen LogP contribution in [0.25, 0.3) is 0 Å². The Bertz CT molecular complexity index is 300. The van der Waals surface area contributed by atoms with Crippen molar-refractivity contribution in [3.05, 3.63) is 35.8 Å². The lowest BCUT2D eigenvalue weighted by atomic mass is 10.5. The van der Waals surface area contributed by atoms with Gasteiger partial charge in [0.2, 0.25) is 6.25 Å². The van der Waals surface area contributed by atoms with Crippen molar-refractivity contribution in [2.45, 2.75) is 6.25 Å². The molecule has 0 spiro atoms. The molecule has 1 heterocycles. The first-order valence-corrected chi connectivity index (χ1v) is 8.16. The van der Waals surface area contributed by atoms with E-state index in [9.17, 15) is 5.21 Å². The van der Waals surface area contributed by atoms with Crippen LogP contribution in [-0.2, 0) is 0 Å². The number of pyridine rings is 1. The normalized spacial score (nSPS) is 11.6. The summed E-state index contributed by atoms with van der Waals surface area (Å²) in [4.78, 5) is 0. The fraction of sp³-hybridized carbons (Fsp3) is 0.286. The van der Waals surface area contributed by atoms with Crippen LogP contribution < -0.4 is 4.73 Å². The first-order valence-electron chi connectivity index (χ1n) is 3.74. The summed E-state index contributed by atoms with van der Waals surface area (Å²) in [5, 5.41) is 10.2. The summed E-state index contributed by atoms with van der Waals surface area (Å²) in [6.07, 6.45) is 2.89. The zero-order valence-electron chi connectivity index (χ0n) is 7.83. The van der Waals surface area contributed by atoms with Gasteiger partial charge in [0.25, 0.3) is 0 Å². The second kappa shape index (κ2) is 8.54. The van der Waals surface area contributed by atoms with Crippen LogP contribution in [0.1, 0.15) is 0 Å². The van der Waals surface area contributed by atoms with E-state index < -0.39 is 6.25 Å². The van der Waals surface area contributed by atoms with Gasteiger partial charge in [-0.05, 0) is 21.6 Å². The molecular weight excluding hydrogens is 391 g/mol. The minimum absolute atomic E-state index is 0.750. The number of hydrogen-bond donors (Lipinski definition) is 0. The van der Waals surface area contributed by atoms with Crippen LogP contribution in [0.4, 0.5) is 0 Å². The number of nitrogens with zero attached hydrogens (tertiary/aromatic N) is 1. The van der Waals surface area contributed by atoms with Crippen LogP contribution in [0.15, 0.2) is 30.6 Å². The van der Waals surface area contributed by atoms with Gasteiger partial charge in [0.05, 0.1) is 0 Å². The molecule has 1 aromatic rings. The van der Waals surface area contributed by atoms with Gasteiger partial charge < -0.3 is 5.21 Å². The minimum atomic E-state index is -1.45. The summed E-state index contributed by atoms with van der Waals surface area (Å²) >= 11 is 32.0. The molecule has 0 unspecified atom stereocenters. The maximum Gasteiger partial charge on any atom is 0.247 e. The van der Waals surface area contributed by atoms with E-state index in [1.807, 2.05) is 0 Å². The predicted molar refractivity (Wildman–Crippen MR) is 81.2 cm³/mol. The number of rotatable bonds is 1. The smallest absolute Gasteiger partial charge is 0.247 e. The van der Waals surface area contributed by atoms with Gasteiger partial charge in [-0.2, -0.15) is 4.73 Å². The molecule has 0 fully saturated rings. The molecule has 1 rings (SSSR count). The molecule has 98 valence electrons. The van der Waals surface area contributed by atoms with E-state index in [4.69, 9.17) is 69.6 Å². The molecule has 10 heteroatoms. The lowest BCUT2D eigenvalue weighted by Gasteiger charge is -2.13. The second-order valence-electron chi connectivity index (χ2n) is 2.29. The third-order valence-electron chi connectivity index (χ3n) is 0.919. The Morgan fingerprint density at radius 3 is 1.29 bits per heavy atom. The van der Waals surface area contributed by atoms with Crippen molar-refractivity contribution in [1.82, 2.24) is 0 Å². The van der Waals surface area contributed by atoms with Gasteiger partial charge in [0.15, 0.2) is 12.4 Å². The Morgan fingerprint density at radius 1 is 0.765 bits per heavy atom. The summed E-state index contributed by atoms with van der Waals surface area (Å²) in [6, 6.07) is 5.18. The van der Waals surface area contributed by atoms with Gasteiger partial charge >= 0.3 is 0 Å². The Balaban J connectivity index is 0.000000318. The third kappa shape index (κ3) is 15.3. The standard InChI is InChI=1S/C5H5NO.C2Cl6S2/c7-6-4-2-1-3-5-6;3-1(4,5)9-10-2(6,7)8/h1-5H;. The first kappa shape index (κ1) is 18.4. The lowest BCUT2D eigenvalue weighted by Crippen LogP contribution is -2.22. The molecule has 0 atom stereocenters. The van der Waals surface area contributed by atoms with E-state index in [2.05, 4.69) is 0 Å². The van der Waals surface area contributed by atoms with E-state index in [0.717, 1.165) is 26.3 Å². The zero-order valence-corrected chi connectivity index (χ0v) is 14.0. The summed E-state index contributed by atoms with van der Waals surface area (Å²) in [5.41, 5.74) is 0. The lowest BCUT2D eigenvalue weighted by molar-refractivity contribution is -0.605. The highest BCUT2D eigenvalue weighted by atomic mass is 35.6. The molecule has 0 aliphatic heterocycles. The quantitative estimate of drug-likeness (QED) is 0.278. The molecule has 0 radical (unpaired) electrons. The average molecular weight is 396 g/mol. The van der Waals surface area contributed by atoms with E-state index >= 15 is 0 Å². The highest BCUT2D eigenvalue weighted by Crippen LogP contribution is 2.55. The van der Waals surface area contributed by atoms with E-state index in [1.165, 1.54) is 12.4 Å². The zero-order chi connectivity index (χ0) is 13.5. The topological polar surface area (TPSA) is 26.9 Å². The molecule has 0 aliphatic rings. The average Bonchev–Trinajstić information content (AvgIpc) is 2.15. The molecule has 0 saturated carbocycles. The van der Waals surface area contributed by atoms with Crippen molar-refractivity contribution < 1.29 is 4.73 Å². The Hall–Kier alpha value is 1.39. The molecule has 2 nitrogen and oxygen atoms in total. The monoisotopic (exact) mass is 393 g/mol. The fourth-order valence-corrected chi connectivity index (χ4v) is 2.93. The molecule has 1 aromatic heterocycles. The van der Waals surface area contributed by atoms with Crippen molar-refractivity contribution in [2.75, 3.05) is 0 Å². The molecule has 0 aromatic carbocycles. The maximum atomic E-state index is 10.2. The Labute approximate surface area is 137 Å². The number of aromatic nitrogens is 1. The molecule has 0 bridgehead atoms. The summed E-state index contributed by atoms with van der Waals surface area (Å²) < 4.78 is -2.15. The Morgan fingerprint density at radius 2 is 1.12 bits per heavy atom. The number of halogens is 6. The first-order chi connectivity index (χ1) is 7.60. The SMILES string of the molecule is ClC(Cl)(Cl)SSC(Cl)(Cl)Cl.[O-][n+]1ccccc1. The van der Waals surface area contributed by atoms with E-state index in [1.54, 1.807) is 18.2 Å². The van der Waals surface area contributed by atoms with Crippen molar-refractivity contribution in [1.29, 1.82) is 0 Å². The second-order valence-corrected chi connectivity index (χ2v) is 10.8. The van der Waals surface area contributed by atoms with Crippen molar-refractivity contribution >= 4 is 91.2 Å². The summed E-state index contributed by atoms with van der Waals surface area (Å²) in [5.74, 6) is 0.